The van der Waals surface area contributed by atoms with E-state index in [1.807, 2.05) is 19.2 Å². The highest BCUT2D eigenvalue weighted by molar-refractivity contribution is 5.36. The van der Waals surface area contributed by atoms with Crippen molar-refractivity contribution < 1.29 is 4.74 Å². The molecule has 0 spiro atoms. The van der Waals surface area contributed by atoms with Crippen LogP contribution in [0.25, 0.3) is 0 Å². The number of nitrogens with two attached hydrogens (primary N) is 1. The van der Waals surface area contributed by atoms with Gasteiger partial charge in [-0.25, -0.2) is 4.68 Å². The highest BCUT2D eigenvalue weighted by atomic mass is 16.5. The Morgan fingerprint density at radius 3 is 2.62 bits per heavy atom. The maximum absolute atomic E-state index is 5.78. The molecule has 1 unspecified atom stereocenters. The lowest BCUT2D eigenvalue weighted by Crippen LogP contribution is -2.09. The van der Waals surface area contributed by atoms with E-state index in [9.17, 15) is 0 Å². The predicted molar refractivity (Wildman–Crippen MR) is 83.4 cm³/mol. The number of nitrogens with zero attached hydrogens (tertiary/aromatic N) is 3. The number of aryl methyl sites for hydroxylation is 1. The molecule has 1 atom stereocenters. The van der Waals surface area contributed by atoms with Crippen LogP contribution in [0.5, 0.6) is 5.75 Å². The molecule has 2 N–H and O–H groups in total. The molecule has 0 radical (unpaired) electrons. The number of benzene rings is 1. The van der Waals surface area contributed by atoms with E-state index in [1.54, 1.807) is 4.68 Å². The number of ether oxygens (including phenoxy) is 1. The van der Waals surface area contributed by atoms with Crippen molar-refractivity contribution in [3.05, 3.63) is 41.2 Å². The highest BCUT2D eigenvalue weighted by Gasteiger charge is 2.06. The van der Waals surface area contributed by atoms with Crippen molar-refractivity contribution >= 4 is 0 Å². The lowest BCUT2D eigenvalue weighted by Gasteiger charge is -2.12. The summed E-state index contributed by atoms with van der Waals surface area (Å²) in [6.07, 6.45) is 1.86. The Bertz CT molecular complexity index is 590. The van der Waals surface area contributed by atoms with Gasteiger partial charge in [0.2, 0.25) is 0 Å². The molecule has 0 saturated heterocycles. The van der Waals surface area contributed by atoms with E-state index in [0.29, 0.717) is 19.1 Å². The number of hydrogen-bond acceptors (Lipinski definition) is 4. The smallest absolute Gasteiger partial charge is 0.119 e. The zero-order valence-electron chi connectivity index (χ0n) is 13.2. The molecular formula is C16H24N4O. The van der Waals surface area contributed by atoms with Gasteiger partial charge in [-0.1, -0.05) is 25.1 Å². The van der Waals surface area contributed by atoms with E-state index in [2.05, 4.69) is 43.2 Å². The minimum atomic E-state index is -0.0918. The van der Waals surface area contributed by atoms with Crippen molar-refractivity contribution in [1.82, 2.24) is 15.0 Å². The van der Waals surface area contributed by atoms with Crippen LogP contribution < -0.4 is 10.5 Å². The van der Waals surface area contributed by atoms with Crippen LogP contribution in [0.4, 0.5) is 0 Å². The number of rotatable bonds is 6. The first kappa shape index (κ1) is 15.5. The van der Waals surface area contributed by atoms with E-state index in [0.717, 1.165) is 11.4 Å². The Labute approximate surface area is 126 Å². The van der Waals surface area contributed by atoms with Crippen LogP contribution in [0.2, 0.25) is 0 Å². The topological polar surface area (TPSA) is 66.0 Å². The summed E-state index contributed by atoms with van der Waals surface area (Å²) in [6.45, 7) is 9.62. The molecular weight excluding hydrogens is 264 g/mol. The second kappa shape index (κ2) is 6.72. The Morgan fingerprint density at radius 1 is 1.29 bits per heavy atom. The summed E-state index contributed by atoms with van der Waals surface area (Å²) in [5.74, 6) is 1.43. The second-order valence-corrected chi connectivity index (χ2v) is 5.72. The maximum atomic E-state index is 5.78. The summed E-state index contributed by atoms with van der Waals surface area (Å²) in [7, 11) is 0. The summed E-state index contributed by atoms with van der Waals surface area (Å²) in [5.41, 5.74) is 9.18. The third-order valence-electron chi connectivity index (χ3n) is 3.48. The minimum absolute atomic E-state index is 0.0918. The summed E-state index contributed by atoms with van der Waals surface area (Å²) >= 11 is 0. The maximum Gasteiger partial charge on any atom is 0.119 e. The number of hydrogen-bond donors (Lipinski definition) is 1. The lowest BCUT2D eigenvalue weighted by molar-refractivity contribution is 0.289. The molecule has 1 aromatic carbocycles. The largest absolute Gasteiger partial charge is 0.492 e. The van der Waals surface area contributed by atoms with Gasteiger partial charge in [0.1, 0.15) is 12.4 Å². The molecule has 5 nitrogen and oxygen atoms in total. The molecule has 0 saturated carbocycles. The van der Waals surface area contributed by atoms with Crippen LogP contribution in [0.15, 0.2) is 24.4 Å². The third kappa shape index (κ3) is 4.04. The van der Waals surface area contributed by atoms with Gasteiger partial charge in [-0.3, -0.25) is 0 Å². The molecule has 0 bridgehead atoms. The fourth-order valence-corrected chi connectivity index (χ4v) is 2.27. The van der Waals surface area contributed by atoms with Crippen LogP contribution >= 0.6 is 0 Å². The molecule has 2 aromatic rings. The highest BCUT2D eigenvalue weighted by Crippen LogP contribution is 2.23. The number of aromatic nitrogens is 3. The molecule has 0 fully saturated rings. The molecule has 114 valence electrons. The molecule has 0 amide bonds. The summed E-state index contributed by atoms with van der Waals surface area (Å²) in [5, 5.41) is 8.05. The molecule has 1 heterocycles. The first-order valence-corrected chi connectivity index (χ1v) is 7.36. The first-order valence-electron chi connectivity index (χ1n) is 7.36. The monoisotopic (exact) mass is 288 g/mol. The van der Waals surface area contributed by atoms with Gasteiger partial charge in [0.25, 0.3) is 0 Å². The van der Waals surface area contributed by atoms with E-state index < -0.39 is 0 Å². The molecule has 0 aliphatic heterocycles. The van der Waals surface area contributed by atoms with Crippen molar-refractivity contribution in [2.45, 2.75) is 46.2 Å². The Balaban J connectivity index is 1.89. The Morgan fingerprint density at radius 2 is 2.05 bits per heavy atom. The molecule has 5 heteroatoms. The van der Waals surface area contributed by atoms with Gasteiger partial charge >= 0.3 is 0 Å². The Hall–Kier alpha value is -1.88. The van der Waals surface area contributed by atoms with Crippen LogP contribution in [-0.2, 0) is 6.54 Å². The predicted octanol–water partition coefficient (Wildman–Crippen LogP) is 2.81. The van der Waals surface area contributed by atoms with Crippen LogP contribution in [0.3, 0.4) is 0 Å². The van der Waals surface area contributed by atoms with Gasteiger partial charge in [-0.05, 0) is 43.0 Å². The van der Waals surface area contributed by atoms with Gasteiger partial charge in [-0.15, -0.1) is 5.10 Å². The van der Waals surface area contributed by atoms with Gasteiger partial charge in [-0.2, -0.15) is 0 Å². The van der Waals surface area contributed by atoms with Crippen LogP contribution in [-0.4, -0.2) is 21.6 Å². The molecule has 2 rings (SSSR count). The van der Waals surface area contributed by atoms with Crippen molar-refractivity contribution in [1.29, 1.82) is 0 Å². The minimum Gasteiger partial charge on any atom is -0.492 e. The lowest BCUT2D eigenvalue weighted by atomic mass is 9.98. The average Bonchev–Trinajstić information content (AvgIpc) is 2.87. The van der Waals surface area contributed by atoms with Gasteiger partial charge in [0.15, 0.2) is 0 Å². The Kier molecular flexibility index (Phi) is 4.96. The normalized spacial score (nSPS) is 12.7. The zero-order chi connectivity index (χ0) is 15.4. The molecule has 0 aliphatic carbocycles. The van der Waals surface area contributed by atoms with Crippen molar-refractivity contribution in [2.75, 3.05) is 6.61 Å². The first-order chi connectivity index (χ1) is 9.97. The summed E-state index contributed by atoms with van der Waals surface area (Å²) in [6, 6.07) is 6.16. The van der Waals surface area contributed by atoms with Crippen molar-refractivity contribution in [2.24, 2.45) is 5.73 Å². The van der Waals surface area contributed by atoms with E-state index in [-0.39, 0.29) is 6.04 Å². The quantitative estimate of drug-likeness (QED) is 0.887. The van der Waals surface area contributed by atoms with Crippen LogP contribution in [0, 0.1) is 6.92 Å². The SMILES string of the molecule is Cc1cc(OCCn2cc(C(C)N)nn2)ccc1C(C)C. The van der Waals surface area contributed by atoms with Gasteiger partial charge in [0.05, 0.1) is 18.4 Å². The molecule has 1 aromatic heterocycles. The van der Waals surface area contributed by atoms with E-state index in [1.165, 1.54) is 11.1 Å². The van der Waals surface area contributed by atoms with Crippen molar-refractivity contribution in [3.8, 4) is 5.75 Å². The molecule has 21 heavy (non-hydrogen) atoms. The van der Waals surface area contributed by atoms with Crippen LogP contribution in [0.1, 0.15) is 49.6 Å². The average molecular weight is 288 g/mol. The van der Waals surface area contributed by atoms with Gasteiger partial charge < -0.3 is 10.5 Å². The fraction of sp³-hybridized carbons (Fsp3) is 0.500. The van der Waals surface area contributed by atoms with E-state index in [4.69, 9.17) is 10.5 Å². The zero-order valence-corrected chi connectivity index (χ0v) is 13.2. The molecule has 0 aliphatic rings. The van der Waals surface area contributed by atoms with Crippen molar-refractivity contribution in [3.63, 3.8) is 0 Å². The fourth-order valence-electron chi connectivity index (χ4n) is 2.27. The third-order valence-corrected chi connectivity index (χ3v) is 3.48. The summed E-state index contributed by atoms with van der Waals surface area (Å²) in [4.78, 5) is 0. The van der Waals surface area contributed by atoms with E-state index >= 15 is 0 Å². The standard InChI is InChI=1S/C16H24N4O/c1-11(2)15-6-5-14(9-12(15)3)21-8-7-20-10-16(13(4)17)18-19-20/h5-6,9-11,13H,7-8,17H2,1-4H3. The second-order valence-electron chi connectivity index (χ2n) is 5.72. The summed E-state index contributed by atoms with van der Waals surface area (Å²) < 4.78 is 7.53. The van der Waals surface area contributed by atoms with Gasteiger partial charge in [0, 0.05) is 6.04 Å².